The van der Waals surface area contributed by atoms with Crippen molar-refractivity contribution in [3.8, 4) is 17.2 Å². The van der Waals surface area contributed by atoms with Gasteiger partial charge in [-0.15, -0.1) is 13.2 Å². The number of hydrogen-bond donors (Lipinski definition) is 2. The molecule has 30 heavy (non-hydrogen) atoms. The molecule has 1 aliphatic rings. The van der Waals surface area contributed by atoms with Gasteiger partial charge in [-0.2, -0.15) is 0 Å². The molecular formula is C19H15ClF4N2O4. The molecule has 1 aliphatic heterocycles. The first-order chi connectivity index (χ1) is 14.1. The van der Waals surface area contributed by atoms with Gasteiger partial charge in [-0.3, -0.25) is 9.59 Å². The maximum absolute atomic E-state index is 13.2. The van der Waals surface area contributed by atoms with Crippen LogP contribution in [0.15, 0.2) is 36.4 Å². The fourth-order valence-corrected chi connectivity index (χ4v) is 3.03. The van der Waals surface area contributed by atoms with Crippen LogP contribution >= 0.6 is 11.6 Å². The fraction of sp³-hybridized carbons (Fsp3) is 0.263. The van der Waals surface area contributed by atoms with E-state index in [4.69, 9.17) is 16.3 Å². The molecular weight excluding hydrogens is 432 g/mol. The molecule has 1 unspecified atom stereocenters. The average Bonchev–Trinajstić information content (AvgIpc) is 2.64. The summed E-state index contributed by atoms with van der Waals surface area (Å²) in [5.74, 6) is -2.41. The highest BCUT2D eigenvalue weighted by Gasteiger charge is 2.32. The Kier molecular flexibility index (Phi) is 6.35. The van der Waals surface area contributed by atoms with Crippen LogP contribution in [0.4, 0.5) is 17.6 Å². The first-order valence-electron chi connectivity index (χ1n) is 8.71. The van der Waals surface area contributed by atoms with E-state index in [1.807, 2.05) is 0 Å². The average molecular weight is 447 g/mol. The number of nitrogens with one attached hydrogen (secondary N) is 2. The molecule has 2 amide bonds. The van der Waals surface area contributed by atoms with Gasteiger partial charge in [-0.1, -0.05) is 11.6 Å². The van der Waals surface area contributed by atoms with Crippen LogP contribution in [-0.4, -0.2) is 30.8 Å². The van der Waals surface area contributed by atoms with Gasteiger partial charge >= 0.3 is 6.36 Å². The maximum Gasteiger partial charge on any atom is 0.573 e. The van der Waals surface area contributed by atoms with E-state index in [1.54, 1.807) is 0 Å². The molecule has 0 aromatic heterocycles. The van der Waals surface area contributed by atoms with Gasteiger partial charge in [0, 0.05) is 19.0 Å². The highest BCUT2D eigenvalue weighted by molar-refractivity contribution is 6.32. The molecule has 2 N–H and O–H groups in total. The number of hydrogen-bond acceptors (Lipinski definition) is 4. The number of alkyl halides is 3. The number of rotatable bonds is 5. The van der Waals surface area contributed by atoms with Gasteiger partial charge in [0.05, 0.1) is 10.6 Å². The van der Waals surface area contributed by atoms with E-state index < -0.39 is 29.9 Å². The van der Waals surface area contributed by atoms with E-state index in [2.05, 4.69) is 15.4 Å². The molecule has 0 aliphatic carbocycles. The summed E-state index contributed by atoms with van der Waals surface area (Å²) in [4.78, 5) is 24.2. The minimum Gasteiger partial charge on any atom is -0.455 e. The number of piperidine rings is 1. The third-order valence-corrected chi connectivity index (χ3v) is 4.42. The van der Waals surface area contributed by atoms with Crippen LogP contribution in [0.1, 0.15) is 23.2 Å². The molecule has 1 saturated heterocycles. The molecule has 11 heteroatoms. The van der Waals surface area contributed by atoms with Crippen molar-refractivity contribution in [3.05, 3.63) is 52.8 Å². The van der Waals surface area contributed by atoms with Crippen LogP contribution in [-0.2, 0) is 4.79 Å². The van der Waals surface area contributed by atoms with Crippen LogP contribution in [0, 0.1) is 5.82 Å². The smallest absolute Gasteiger partial charge is 0.455 e. The van der Waals surface area contributed by atoms with Crippen molar-refractivity contribution in [2.45, 2.75) is 25.2 Å². The van der Waals surface area contributed by atoms with Gasteiger partial charge in [-0.25, -0.2) is 4.39 Å². The zero-order valence-corrected chi connectivity index (χ0v) is 15.9. The van der Waals surface area contributed by atoms with E-state index in [-0.39, 0.29) is 34.4 Å². The Balaban J connectivity index is 1.90. The number of benzene rings is 2. The summed E-state index contributed by atoms with van der Waals surface area (Å²) >= 11 is 5.92. The van der Waals surface area contributed by atoms with Crippen molar-refractivity contribution in [2.75, 3.05) is 6.54 Å². The van der Waals surface area contributed by atoms with E-state index in [0.717, 1.165) is 30.3 Å². The fourth-order valence-electron chi connectivity index (χ4n) is 2.82. The van der Waals surface area contributed by atoms with Crippen molar-refractivity contribution < 1.29 is 36.6 Å². The summed E-state index contributed by atoms with van der Waals surface area (Å²) in [6.07, 6.45) is -4.47. The predicted molar refractivity (Wildman–Crippen MR) is 98.1 cm³/mol. The molecule has 6 nitrogen and oxygen atoms in total. The molecule has 0 bridgehead atoms. The Bertz CT molecular complexity index is 968. The van der Waals surface area contributed by atoms with Crippen molar-refractivity contribution >= 4 is 23.4 Å². The van der Waals surface area contributed by atoms with Crippen molar-refractivity contribution in [2.24, 2.45) is 0 Å². The van der Waals surface area contributed by atoms with Gasteiger partial charge in [0.2, 0.25) is 5.91 Å². The Morgan fingerprint density at radius 2 is 1.90 bits per heavy atom. The molecule has 0 saturated carbocycles. The van der Waals surface area contributed by atoms with Crippen molar-refractivity contribution in [1.29, 1.82) is 0 Å². The summed E-state index contributed by atoms with van der Waals surface area (Å²) in [6, 6.07) is 5.69. The first kappa shape index (κ1) is 21.7. The minimum atomic E-state index is -4.96. The van der Waals surface area contributed by atoms with Crippen LogP contribution < -0.4 is 20.1 Å². The Hall–Kier alpha value is -3.01. The normalized spacial score (nSPS) is 16.6. The molecule has 2 aromatic rings. The van der Waals surface area contributed by atoms with Gasteiger partial charge in [0.15, 0.2) is 0 Å². The first-order valence-corrected chi connectivity index (χ1v) is 9.09. The summed E-state index contributed by atoms with van der Waals surface area (Å²) < 4.78 is 60.4. The van der Waals surface area contributed by atoms with Crippen molar-refractivity contribution in [3.63, 3.8) is 0 Å². The molecule has 0 radical (unpaired) electrons. The summed E-state index contributed by atoms with van der Waals surface area (Å²) in [5, 5.41) is 5.11. The van der Waals surface area contributed by atoms with Crippen LogP contribution in [0.25, 0.3) is 0 Å². The summed E-state index contributed by atoms with van der Waals surface area (Å²) in [5.41, 5.74) is -0.275. The topological polar surface area (TPSA) is 76.7 Å². The quantitative estimate of drug-likeness (QED) is 0.676. The van der Waals surface area contributed by atoms with E-state index in [9.17, 15) is 27.2 Å². The zero-order valence-electron chi connectivity index (χ0n) is 15.2. The minimum absolute atomic E-state index is 0.00588. The number of amides is 2. The molecule has 1 heterocycles. The lowest BCUT2D eigenvalue weighted by Gasteiger charge is -2.23. The van der Waals surface area contributed by atoms with Gasteiger partial charge in [-0.05, 0) is 42.8 Å². The highest BCUT2D eigenvalue weighted by atomic mass is 35.5. The predicted octanol–water partition coefficient (Wildman–Crippen LogP) is 4.18. The lowest BCUT2D eigenvalue weighted by Crippen LogP contribution is -2.45. The number of carbonyl (C=O) groups is 2. The third-order valence-electron chi connectivity index (χ3n) is 4.13. The van der Waals surface area contributed by atoms with Gasteiger partial charge in [0.1, 0.15) is 23.1 Å². The molecule has 160 valence electrons. The second-order valence-corrected chi connectivity index (χ2v) is 6.80. The van der Waals surface area contributed by atoms with Crippen LogP contribution in [0.5, 0.6) is 17.2 Å². The van der Waals surface area contributed by atoms with Crippen molar-refractivity contribution in [1.82, 2.24) is 10.6 Å². The lowest BCUT2D eigenvalue weighted by atomic mass is 10.1. The molecule has 0 spiro atoms. The van der Waals surface area contributed by atoms with Gasteiger partial charge in [0.25, 0.3) is 5.91 Å². The Labute approximate surface area is 173 Å². The largest absolute Gasteiger partial charge is 0.573 e. The standard InChI is InChI=1S/C19H15ClF4N2O4/c20-14-7-10(21)1-3-16(14)29-15-4-2-12(30-19(22,23)24)9-13(15)18(28)26-11-5-6-25-17(27)8-11/h1-4,7,9,11H,5-6,8H2,(H,25,27)(H,26,28). The Morgan fingerprint density at radius 3 is 2.57 bits per heavy atom. The Morgan fingerprint density at radius 1 is 1.17 bits per heavy atom. The second-order valence-electron chi connectivity index (χ2n) is 6.40. The van der Waals surface area contributed by atoms with Crippen LogP contribution in [0.3, 0.4) is 0 Å². The monoisotopic (exact) mass is 446 g/mol. The molecule has 2 aromatic carbocycles. The van der Waals surface area contributed by atoms with E-state index in [1.165, 1.54) is 6.07 Å². The highest BCUT2D eigenvalue weighted by Crippen LogP contribution is 2.34. The lowest BCUT2D eigenvalue weighted by molar-refractivity contribution is -0.274. The molecule has 1 atom stereocenters. The van der Waals surface area contributed by atoms with Crippen LogP contribution in [0.2, 0.25) is 5.02 Å². The van der Waals surface area contributed by atoms with E-state index in [0.29, 0.717) is 13.0 Å². The zero-order chi connectivity index (χ0) is 21.9. The maximum atomic E-state index is 13.2. The number of ether oxygens (including phenoxy) is 2. The SMILES string of the molecule is O=C1CC(NC(=O)c2cc(OC(F)(F)F)ccc2Oc2ccc(F)cc2Cl)CCN1. The summed E-state index contributed by atoms with van der Waals surface area (Å²) in [6.45, 7) is 0.357. The molecule has 1 fully saturated rings. The molecule has 3 rings (SSSR count). The van der Waals surface area contributed by atoms with E-state index >= 15 is 0 Å². The number of halogens is 5. The third kappa shape index (κ3) is 5.76. The summed E-state index contributed by atoms with van der Waals surface area (Å²) in [7, 11) is 0. The van der Waals surface area contributed by atoms with Gasteiger partial charge < -0.3 is 20.1 Å². The number of carbonyl (C=O) groups excluding carboxylic acids is 2. The second kappa shape index (κ2) is 8.78.